The van der Waals surface area contributed by atoms with Gasteiger partial charge in [-0.1, -0.05) is 12.2 Å². The van der Waals surface area contributed by atoms with E-state index < -0.39 is 18.2 Å². The van der Waals surface area contributed by atoms with Gasteiger partial charge in [0.15, 0.2) is 0 Å². The van der Waals surface area contributed by atoms with Gasteiger partial charge in [0.25, 0.3) is 0 Å². The van der Waals surface area contributed by atoms with E-state index in [4.69, 9.17) is 21.4 Å². The number of hydrogen-bond donors (Lipinski definition) is 3. The Hall–Kier alpha value is -1.41. The Bertz CT molecular complexity index is 748. The van der Waals surface area contributed by atoms with Crippen LogP contribution in [0.3, 0.4) is 0 Å². The molecule has 1 saturated carbocycles. The summed E-state index contributed by atoms with van der Waals surface area (Å²) in [5.41, 5.74) is 0. The van der Waals surface area contributed by atoms with Crippen LogP contribution in [0.4, 0.5) is 0 Å². The summed E-state index contributed by atoms with van der Waals surface area (Å²) >= 11 is 7.79. The normalized spacial score (nSPS) is 25.6. The number of aromatic carboxylic acids is 1. The smallest absolute Gasteiger partial charge is 0.345 e. The third-order valence-electron chi connectivity index (χ3n) is 5.74. The molecule has 31 heavy (non-hydrogen) atoms. The molecular formula is C23H33ClO6S. The first-order valence-electron chi connectivity index (χ1n) is 10.8. The number of aliphatic hydroxyl groups excluding tert-OH is 2. The number of ether oxygens (including phenoxy) is 1. The highest BCUT2D eigenvalue weighted by atomic mass is 35.5. The largest absolute Gasteiger partial charge is 0.477 e. The molecule has 0 aliphatic heterocycles. The average molecular weight is 473 g/mol. The van der Waals surface area contributed by atoms with Crippen molar-refractivity contribution < 1.29 is 29.6 Å². The molecule has 1 aliphatic rings. The Balaban J connectivity index is 1.80. The number of aryl methyl sites for hydroxylation is 1. The number of carbonyl (C=O) groups is 2. The van der Waals surface area contributed by atoms with Gasteiger partial charge >= 0.3 is 11.9 Å². The fourth-order valence-electron chi connectivity index (χ4n) is 4.18. The minimum atomic E-state index is -0.902. The van der Waals surface area contributed by atoms with Crippen LogP contribution in [0.15, 0.2) is 24.3 Å². The lowest BCUT2D eigenvalue weighted by molar-refractivity contribution is -0.145. The van der Waals surface area contributed by atoms with E-state index in [1.54, 1.807) is 12.1 Å². The topological polar surface area (TPSA) is 104 Å². The van der Waals surface area contributed by atoms with Crippen molar-refractivity contribution in [3.8, 4) is 0 Å². The molecule has 0 amide bonds. The summed E-state index contributed by atoms with van der Waals surface area (Å²) in [6.45, 7) is 3.22. The summed E-state index contributed by atoms with van der Waals surface area (Å²) in [4.78, 5) is 23.3. The van der Waals surface area contributed by atoms with Crippen molar-refractivity contribution >= 4 is 34.9 Å². The standard InChI is InChI=1S/C23H33ClO6S/c1-14(30-15(2)25)5-3-6-16(26)9-11-19-18(20(24)13-21(19)27)8-4-7-17-10-12-22(31-17)23(28)29/h9-12,14,16,18-21,26-27H,3-8,13H2,1-2H3,(H,28,29)/b11-9+/t14-,16+,18-,19-,20-,21-/m1/s1. The van der Waals surface area contributed by atoms with E-state index in [1.165, 1.54) is 18.3 Å². The fraction of sp³-hybridized carbons (Fsp3) is 0.652. The molecule has 0 saturated heterocycles. The maximum atomic E-state index is 11.0. The predicted octanol–water partition coefficient (Wildman–Crippen LogP) is 4.41. The van der Waals surface area contributed by atoms with E-state index in [1.807, 2.05) is 19.1 Å². The zero-order chi connectivity index (χ0) is 23.0. The molecule has 1 aliphatic carbocycles. The zero-order valence-electron chi connectivity index (χ0n) is 18.1. The molecular weight excluding hydrogens is 440 g/mol. The first-order chi connectivity index (χ1) is 14.7. The molecule has 3 N–H and O–H groups in total. The molecule has 1 fully saturated rings. The minimum absolute atomic E-state index is 0.102. The van der Waals surface area contributed by atoms with Crippen LogP contribution in [-0.4, -0.2) is 50.9 Å². The Labute approximate surface area is 192 Å². The number of aliphatic hydroxyl groups is 2. The molecule has 2 rings (SSSR count). The number of esters is 1. The SMILES string of the molecule is CC(=O)O[C@H](C)CCC[C@H](O)/C=C/[C@@H]1[C@@H](CCCc2ccc(C(=O)O)s2)[C@H](Cl)C[C@H]1O. The summed E-state index contributed by atoms with van der Waals surface area (Å²) in [7, 11) is 0. The van der Waals surface area contributed by atoms with Crippen LogP contribution in [0.5, 0.6) is 0 Å². The maximum Gasteiger partial charge on any atom is 0.345 e. The van der Waals surface area contributed by atoms with Crippen molar-refractivity contribution in [1.29, 1.82) is 0 Å². The lowest BCUT2D eigenvalue weighted by atomic mass is 9.89. The van der Waals surface area contributed by atoms with Crippen LogP contribution in [0, 0.1) is 11.8 Å². The monoisotopic (exact) mass is 472 g/mol. The van der Waals surface area contributed by atoms with Crippen molar-refractivity contribution in [2.24, 2.45) is 11.8 Å². The van der Waals surface area contributed by atoms with Gasteiger partial charge in [0.1, 0.15) is 4.88 Å². The molecule has 0 radical (unpaired) electrons. The van der Waals surface area contributed by atoms with Crippen molar-refractivity contribution in [1.82, 2.24) is 0 Å². The third kappa shape index (κ3) is 8.56. The fourth-order valence-corrected chi connectivity index (χ4v) is 5.55. The van der Waals surface area contributed by atoms with Gasteiger partial charge in [0.05, 0.1) is 18.3 Å². The van der Waals surface area contributed by atoms with Gasteiger partial charge in [-0.3, -0.25) is 4.79 Å². The van der Waals surface area contributed by atoms with Gasteiger partial charge in [0, 0.05) is 23.1 Å². The van der Waals surface area contributed by atoms with E-state index in [0.29, 0.717) is 24.1 Å². The van der Waals surface area contributed by atoms with Gasteiger partial charge in [0.2, 0.25) is 0 Å². The highest BCUT2D eigenvalue weighted by Gasteiger charge is 2.39. The van der Waals surface area contributed by atoms with Crippen LogP contribution in [0.25, 0.3) is 0 Å². The molecule has 1 heterocycles. The van der Waals surface area contributed by atoms with Gasteiger partial charge in [-0.2, -0.15) is 0 Å². The second kappa shape index (κ2) is 12.6. The summed E-state index contributed by atoms with van der Waals surface area (Å²) in [5.74, 6) is -1.19. The van der Waals surface area contributed by atoms with E-state index in [0.717, 1.165) is 30.6 Å². The average Bonchev–Trinajstić information content (AvgIpc) is 3.24. The molecule has 6 atom stereocenters. The van der Waals surface area contributed by atoms with E-state index in [-0.39, 0.29) is 29.3 Å². The van der Waals surface area contributed by atoms with Crippen molar-refractivity contribution in [2.75, 3.05) is 0 Å². The number of carboxylic acid groups (broad SMARTS) is 1. The van der Waals surface area contributed by atoms with Gasteiger partial charge in [-0.15, -0.1) is 22.9 Å². The Morgan fingerprint density at radius 2 is 2.06 bits per heavy atom. The number of hydrogen-bond acceptors (Lipinski definition) is 6. The van der Waals surface area contributed by atoms with E-state index >= 15 is 0 Å². The van der Waals surface area contributed by atoms with Crippen molar-refractivity contribution in [3.05, 3.63) is 34.0 Å². The van der Waals surface area contributed by atoms with E-state index in [2.05, 4.69) is 0 Å². The molecule has 1 aromatic rings. The Morgan fingerprint density at radius 3 is 2.71 bits per heavy atom. The minimum Gasteiger partial charge on any atom is -0.477 e. The van der Waals surface area contributed by atoms with Gasteiger partial charge in [-0.25, -0.2) is 4.79 Å². The number of carboxylic acids is 1. The first-order valence-corrected chi connectivity index (χ1v) is 12.1. The van der Waals surface area contributed by atoms with E-state index in [9.17, 15) is 19.8 Å². The highest BCUT2D eigenvalue weighted by molar-refractivity contribution is 7.13. The Morgan fingerprint density at radius 1 is 1.32 bits per heavy atom. The van der Waals surface area contributed by atoms with Crippen LogP contribution in [0.2, 0.25) is 0 Å². The second-order valence-electron chi connectivity index (χ2n) is 8.33. The Kier molecular flexibility index (Phi) is 10.5. The van der Waals surface area contributed by atoms with Crippen LogP contribution in [-0.2, 0) is 16.0 Å². The molecule has 1 aromatic heterocycles. The molecule has 0 aromatic carbocycles. The van der Waals surface area contributed by atoms with Gasteiger partial charge in [-0.05, 0) is 69.9 Å². The first kappa shape index (κ1) is 25.8. The lowest BCUT2D eigenvalue weighted by Gasteiger charge is -2.21. The molecule has 0 bridgehead atoms. The lowest BCUT2D eigenvalue weighted by Crippen LogP contribution is -2.19. The van der Waals surface area contributed by atoms with Crippen LogP contribution < -0.4 is 0 Å². The van der Waals surface area contributed by atoms with Gasteiger partial charge < -0.3 is 20.1 Å². The molecule has 6 nitrogen and oxygen atoms in total. The number of carbonyl (C=O) groups excluding carboxylic acids is 1. The number of halogens is 1. The zero-order valence-corrected chi connectivity index (χ0v) is 19.6. The van der Waals surface area contributed by atoms with Crippen molar-refractivity contribution in [3.63, 3.8) is 0 Å². The number of rotatable bonds is 12. The number of thiophene rings is 1. The molecule has 8 heteroatoms. The highest BCUT2D eigenvalue weighted by Crippen LogP contribution is 2.40. The van der Waals surface area contributed by atoms with Crippen LogP contribution in [0.1, 0.15) is 66.9 Å². The quantitative estimate of drug-likeness (QED) is 0.236. The predicted molar refractivity (Wildman–Crippen MR) is 122 cm³/mol. The summed E-state index contributed by atoms with van der Waals surface area (Å²) in [6, 6.07) is 3.48. The molecule has 174 valence electrons. The third-order valence-corrected chi connectivity index (χ3v) is 7.37. The summed E-state index contributed by atoms with van der Waals surface area (Å²) < 4.78 is 5.08. The molecule has 0 unspecified atom stereocenters. The maximum absolute atomic E-state index is 11.0. The summed E-state index contributed by atoms with van der Waals surface area (Å²) in [6.07, 6.45) is 7.31. The summed E-state index contributed by atoms with van der Waals surface area (Å²) in [5, 5.41) is 29.6. The second-order valence-corrected chi connectivity index (χ2v) is 10.1. The van der Waals surface area contributed by atoms with Crippen LogP contribution >= 0.6 is 22.9 Å². The van der Waals surface area contributed by atoms with Crippen molar-refractivity contribution in [2.45, 2.75) is 82.5 Å². The molecule has 0 spiro atoms. The number of alkyl halides is 1.